The van der Waals surface area contributed by atoms with E-state index in [-0.39, 0.29) is 37.1 Å². The second-order valence-corrected chi connectivity index (χ2v) is 15.8. The summed E-state index contributed by atoms with van der Waals surface area (Å²) in [6.45, 7) is 13.0. The van der Waals surface area contributed by atoms with Crippen molar-refractivity contribution in [3.05, 3.63) is 39.9 Å². The fourth-order valence-electron chi connectivity index (χ4n) is 7.74. The van der Waals surface area contributed by atoms with E-state index < -0.39 is 94.6 Å². The zero-order valence-electron chi connectivity index (χ0n) is 33.4. The lowest BCUT2D eigenvalue weighted by molar-refractivity contribution is -0.384. The number of esters is 2. The van der Waals surface area contributed by atoms with Crippen LogP contribution in [-0.4, -0.2) is 130 Å². The molecule has 54 heavy (non-hydrogen) atoms. The van der Waals surface area contributed by atoms with E-state index in [1.165, 1.54) is 52.1 Å². The van der Waals surface area contributed by atoms with E-state index in [4.69, 9.17) is 23.7 Å². The first-order valence-corrected chi connectivity index (χ1v) is 18.6. The van der Waals surface area contributed by atoms with Gasteiger partial charge in [0.25, 0.3) is 5.69 Å². The zero-order valence-corrected chi connectivity index (χ0v) is 33.4. The van der Waals surface area contributed by atoms with Crippen LogP contribution >= 0.6 is 0 Å². The Morgan fingerprint density at radius 3 is 2.22 bits per heavy atom. The lowest BCUT2D eigenvalue weighted by Crippen LogP contribution is -2.60. The Bertz CT molecular complexity index is 1440. The van der Waals surface area contributed by atoms with Gasteiger partial charge in [0.2, 0.25) is 5.91 Å². The summed E-state index contributed by atoms with van der Waals surface area (Å²) in [5, 5.41) is 48.4. The van der Waals surface area contributed by atoms with E-state index in [9.17, 15) is 39.8 Å². The van der Waals surface area contributed by atoms with Crippen LogP contribution in [0, 0.1) is 27.9 Å². The number of carbonyl (C=O) groups is 3. The number of benzene rings is 1. The van der Waals surface area contributed by atoms with Crippen LogP contribution in [0.15, 0.2) is 24.3 Å². The fraction of sp³-hybridized carbons (Fsp3) is 0.763. The Balaban J connectivity index is 2.17. The number of nitro benzene ring substituents is 1. The van der Waals surface area contributed by atoms with Gasteiger partial charge in [-0.1, -0.05) is 32.9 Å². The molecule has 2 heterocycles. The van der Waals surface area contributed by atoms with Gasteiger partial charge in [-0.05, 0) is 73.5 Å². The molecule has 0 saturated carbocycles. The largest absolute Gasteiger partial charge is 0.461 e. The maximum Gasteiger partial charge on any atom is 0.312 e. The minimum absolute atomic E-state index is 0.0724. The number of aliphatic hydroxyl groups is 3. The molecule has 14 atom stereocenters. The van der Waals surface area contributed by atoms with Gasteiger partial charge in [-0.15, -0.1) is 0 Å². The SMILES string of the molecule is CC[C@H]1OC(=O)[C@H](C)C(OC(=O)Cc2ccc([N+](=O)[O-])cc2)[C@H](C)[C@@H](O[C@@H]2O[C@H](C)C[C@H](N(C)C)[C@H]2O)[C@](C)(OC)C[C@@H](C)NC(=O)[C@H](C)[C@@H](O)[C@]1(C)O. The lowest BCUT2D eigenvalue weighted by Gasteiger charge is -2.48. The van der Waals surface area contributed by atoms with Gasteiger partial charge in [0.1, 0.15) is 23.9 Å². The molecule has 0 bridgehead atoms. The van der Waals surface area contributed by atoms with E-state index in [0.717, 1.165) is 0 Å². The zero-order chi connectivity index (χ0) is 40.9. The normalized spacial score (nSPS) is 38.8. The molecule has 1 amide bonds. The molecule has 1 aromatic rings. The highest BCUT2D eigenvalue weighted by Gasteiger charge is 2.52. The van der Waals surface area contributed by atoms with Crippen molar-refractivity contribution in [2.45, 2.75) is 147 Å². The van der Waals surface area contributed by atoms with Crippen LogP contribution in [-0.2, 0) is 44.5 Å². The quantitative estimate of drug-likeness (QED) is 0.161. The van der Waals surface area contributed by atoms with E-state index in [1.807, 2.05) is 25.9 Å². The first-order chi connectivity index (χ1) is 25.1. The summed E-state index contributed by atoms with van der Waals surface area (Å²) in [4.78, 5) is 53.7. The molecule has 0 radical (unpaired) electrons. The number of aliphatic hydroxyl groups excluding tert-OH is 2. The molecular formula is C38H61N3O13. The summed E-state index contributed by atoms with van der Waals surface area (Å²) in [5.41, 5.74) is -3.08. The third-order valence-electron chi connectivity index (χ3n) is 11.1. The number of nitro groups is 1. The van der Waals surface area contributed by atoms with Crippen LogP contribution in [0.5, 0.6) is 0 Å². The number of nitrogens with zero attached hydrogens (tertiary/aromatic N) is 2. The van der Waals surface area contributed by atoms with Crippen molar-refractivity contribution in [1.82, 2.24) is 10.2 Å². The number of nitrogens with one attached hydrogen (secondary N) is 1. The van der Waals surface area contributed by atoms with Crippen molar-refractivity contribution < 1.29 is 58.3 Å². The summed E-state index contributed by atoms with van der Waals surface area (Å²) in [6.07, 6.45) is -7.43. The van der Waals surface area contributed by atoms with Crippen molar-refractivity contribution in [1.29, 1.82) is 0 Å². The minimum atomic E-state index is -2.06. The Labute approximate surface area is 317 Å². The van der Waals surface area contributed by atoms with Crippen molar-refractivity contribution in [2.75, 3.05) is 21.2 Å². The Kier molecular flexibility index (Phi) is 15.5. The topological polar surface area (TPSA) is 216 Å². The second-order valence-electron chi connectivity index (χ2n) is 15.8. The van der Waals surface area contributed by atoms with Crippen molar-refractivity contribution >= 4 is 23.5 Å². The summed E-state index contributed by atoms with van der Waals surface area (Å²) in [5.74, 6) is -5.38. The van der Waals surface area contributed by atoms with Gasteiger partial charge in [0, 0.05) is 37.2 Å². The monoisotopic (exact) mass is 767 g/mol. The van der Waals surface area contributed by atoms with Gasteiger partial charge in [-0.25, -0.2) is 0 Å². The van der Waals surface area contributed by atoms with Gasteiger partial charge in [-0.2, -0.15) is 0 Å². The number of cyclic esters (lactones) is 1. The molecule has 4 N–H and O–H groups in total. The number of likely N-dealkylation sites (N-methyl/N-ethyl adjacent to an activating group) is 1. The fourth-order valence-corrected chi connectivity index (χ4v) is 7.74. The molecule has 2 aliphatic rings. The third-order valence-corrected chi connectivity index (χ3v) is 11.1. The number of hydrogen-bond acceptors (Lipinski definition) is 14. The molecule has 2 saturated heterocycles. The average Bonchev–Trinajstić information content (AvgIpc) is 3.10. The number of non-ortho nitro benzene ring substituents is 1. The summed E-state index contributed by atoms with van der Waals surface area (Å²) >= 11 is 0. The molecule has 16 heteroatoms. The van der Waals surface area contributed by atoms with Gasteiger partial charge >= 0.3 is 11.9 Å². The van der Waals surface area contributed by atoms with Crippen molar-refractivity contribution in [3.8, 4) is 0 Å². The number of carbonyl (C=O) groups excluding carboxylic acids is 3. The Morgan fingerprint density at radius 2 is 1.69 bits per heavy atom. The molecule has 1 unspecified atom stereocenters. The van der Waals surface area contributed by atoms with Crippen molar-refractivity contribution in [2.24, 2.45) is 17.8 Å². The highest BCUT2D eigenvalue weighted by atomic mass is 16.7. The molecule has 2 fully saturated rings. The number of amides is 1. The molecule has 0 aliphatic carbocycles. The molecule has 0 aromatic heterocycles. The molecule has 306 valence electrons. The van der Waals surface area contributed by atoms with Crippen LogP contribution < -0.4 is 5.32 Å². The first-order valence-electron chi connectivity index (χ1n) is 18.6. The van der Waals surface area contributed by atoms with Gasteiger partial charge in [0.05, 0.1) is 47.1 Å². The van der Waals surface area contributed by atoms with Crippen molar-refractivity contribution in [3.63, 3.8) is 0 Å². The van der Waals surface area contributed by atoms with Gasteiger partial charge in [0.15, 0.2) is 6.29 Å². The van der Waals surface area contributed by atoms with Gasteiger partial charge < -0.3 is 49.2 Å². The second kappa shape index (κ2) is 18.6. The molecule has 16 nitrogen and oxygen atoms in total. The van der Waals surface area contributed by atoms with E-state index >= 15 is 0 Å². The molecule has 3 rings (SSSR count). The predicted molar refractivity (Wildman–Crippen MR) is 196 cm³/mol. The summed E-state index contributed by atoms with van der Waals surface area (Å²) < 4.78 is 31.0. The van der Waals surface area contributed by atoms with Crippen LogP contribution in [0.1, 0.15) is 80.2 Å². The van der Waals surface area contributed by atoms with Crippen LogP contribution in [0.3, 0.4) is 0 Å². The van der Waals surface area contributed by atoms with Gasteiger partial charge in [-0.3, -0.25) is 24.5 Å². The summed E-state index contributed by atoms with van der Waals surface area (Å²) in [6, 6.07) is 4.48. The predicted octanol–water partition coefficient (Wildman–Crippen LogP) is 2.52. The highest BCUT2D eigenvalue weighted by molar-refractivity contribution is 5.79. The van der Waals surface area contributed by atoms with Crippen LogP contribution in [0.2, 0.25) is 0 Å². The van der Waals surface area contributed by atoms with E-state index in [0.29, 0.717) is 12.0 Å². The Hall–Kier alpha value is -3.25. The van der Waals surface area contributed by atoms with E-state index in [2.05, 4.69) is 5.32 Å². The molecule has 0 spiro atoms. The maximum atomic E-state index is 14.1. The molecule has 1 aromatic carbocycles. The summed E-state index contributed by atoms with van der Waals surface area (Å²) in [7, 11) is 5.13. The van der Waals surface area contributed by atoms with E-state index in [1.54, 1.807) is 27.7 Å². The average molecular weight is 768 g/mol. The molecule has 2 aliphatic heterocycles. The number of ether oxygens (including phenoxy) is 5. The first kappa shape index (κ1) is 45.1. The lowest BCUT2D eigenvalue weighted by atomic mass is 9.78. The number of hydrogen-bond donors (Lipinski definition) is 4. The number of rotatable bonds is 9. The maximum absolute atomic E-state index is 14.1. The third kappa shape index (κ3) is 10.5. The smallest absolute Gasteiger partial charge is 0.312 e. The van der Waals surface area contributed by atoms with Crippen LogP contribution in [0.4, 0.5) is 5.69 Å². The minimum Gasteiger partial charge on any atom is -0.461 e. The Morgan fingerprint density at radius 1 is 1.07 bits per heavy atom. The molecular weight excluding hydrogens is 706 g/mol. The highest BCUT2D eigenvalue weighted by Crippen LogP contribution is 2.38. The standard InChI is InChI=1S/C38H61N3O13/c1-12-28-38(8,47)32(44)24(6)34(45)39-20(2)19-37(7,50-11)33(54-36-30(43)27(40(9)10)17-21(3)51-36)22(4)31(23(5)35(46)52-28)53-29(42)18-25-13-15-26(16-14-25)41(48)49/h13-16,20-24,27-28,30-33,36,43-44,47H,12,17-19H2,1-11H3,(H,39,45)/t20-,21-,22+,23-,24-,27+,28-,30-,31?,32-,33-,36+,37-,38-/m1/s1. The van der Waals surface area contributed by atoms with Crippen LogP contribution in [0.25, 0.3) is 0 Å². The number of methoxy groups -OCH3 is 1.